The highest BCUT2D eigenvalue weighted by Crippen LogP contribution is 2.31. The van der Waals surface area contributed by atoms with Crippen molar-refractivity contribution in [3.63, 3.8) is 0 Å². The highest BCUT2D eigenvalue weighted by molar-refractivity contribution is 7.98. The Balaban J connectivity index is 1.41. The number of esters is 1. The molecule has 2 atom stereocenters. The monoisotopic (exact) mass is 557 g/mol. The van der Waals surface area contributed by atoms with Gasteiger partial charge in [-0.15, -0.1) is 0 Å². The molecule has 3 aromatic rings. The summed E-state index contributed by atoms with van der Waals surface area (Å²) in [6.45, 7) is 6.80. The molecule has 204 valence electrons. The zero-order valence-electron chi connectivity index (χ0n) is 22.0. The molecule has 0 bridgehead atoms. The summed E-state index contributed by atoms with van der Waals surface area (Å²) in [5.41, 5.74) is 3.17. The van der Waals surface area contributed by atoms with Crippen LogP contribution >= 0.6 is 11.8 Å². The Labute approximate surface area is 228 Å². The van der Waals surface area contributed by atoms with Crippen LogP contribution in [0.3, 0.4) is 0 Å². The van der Waals surface area contributed by atoms with E-state index in [1.807, 2.05) is 18.2 Å². The van der Waals surface area contributed by atoms with Gasteiger partial charge in [-0.25, -0.2) is 18.2 Å². The first kappa shape index (κ1) is 27.2. The van der Waals surface area contributed by atoms with Crippen LogP contribution in [0.2, 0.25) is 0 Å². The van der Waals surface area contributed by atoms with Crippen LogP contribution in [0.15, 0.2) is 52.5 Å². The molecule has 2 aliphatic heterocycles. The molecule has 5 rings (SSSR count). The summed E-state index contributed by atoms with van der Waals surface area (Å²) >= 11 is 1.60. The van der Waals surface area contributed by atoms with Crippen LogP contribution in [0.1, 0.15) is 55.5 Å². The number of thioether (sulfide) groups is 1. The minimum atomic E-state index is -3.57. The van der Waals surface area contributed by atoms with Crippen LogP contribution in [0.5, 0.6) is 0 Å². The Morgan fingerprint density at radius 1 is 1.16 bits per heavy atom. The van der Waals surface area contributed by atoms with Crippen molar-refractivity contribution in [1.82, 2.24) is 13.9 Å². The van der Waals surface area contributed by atoms with Crippen LogP contribution in [0.25, 0.3) is 11.0 Å². The number of rotatable bonds is 9. The summed E-state index contributed by atoms with van der Waals surface area (Å²) in [6.07, 6.45) is 4.11. The minimum Gasteiger partial charge on any atom is -0.462 e. The Kier molecular flexibility index (Phi) is 8.42. The predicted molar refractivity (Wildman–Crippen MR) is 148 cm³/mol. The highest BCUT2D eigenvalue weighted by Gasteiger charge is 2.29. The third-order valence-electron chi connectivity index (χ3n) is 7.19. The van der Waals surface area contributed by atoms with Gasteiger partial charge in [0.15, 0.2) is 5.16 Å². The third-order valence-corrected chi connectivity index (χ3v) is 10.1. The number of nitrogens with zero attached hydrogens (tertiary/aromatic N) is 3. The molecule has 10 heteroatoms. The van der Waals surface area contributed by atoms with E-state index >= 15 is 0 Å². The van der Waals surface area contributed by atoms with Crippen molar-refractivity contribution in [2.45, 2.75) is 68.0 Å². The Hall–Kier alpha value is -2.40. The fourth-order valence-electron chi connectivity index (χ4n) is 5.14. The summed E-state index contributed by atoms with van der Waals surface area (Å²) in [7, 11) is -3.57. The number of ether oxygens (including phenoxy) is 2. The van der Waals surface area contributed by atoms with Crippen LogP contribution in [-0.2, 0) is 31.8 Å². The van der Waals surface area contributed by atoms with Crippen LogP contribution in [-0.4, -0.2) is 60.7 Å². The van der Waals surface area contributed by atoms with E-state index in [2.05, 4.69) is 11.5 Å². The number of hydrogen-bond acceptors (Lipinski definition) is 7. The zero-order valence-corrected chi connectivity index (χ0v) is 23.6. The second kappa shape index (κ2) is 11.8. The molecule has 2 aromatic carbocycles. The SMILES string of the molecule is CCOC(=O)c1ccc(CSc2nc3cc(S(=O)(=O)N4CCC[C@@H](C)C4)ccc3n2C[C@H]2CCCO2)cc1. The van der Waals surface area contributed by atoms with Crippen molar-refractivity contribution in [2.75, 3.05) is 26.3 Å². The number of hydrogen-bond donors (Lipinski definition) is 0. The summed E-state index contributed by atoms with van der Waals surface area (Å²) in [4.78, 5) is 17.1. The maximum Gasteiger partial charge on any atom is 0.338 e. The van der Waals surface area contributed by atoms with Crippen molar-refractivity contribution < 1.29 is 22.7 Å². The number of aromatic nitrogens is 2. The van der Waals surface area contributed by atoms with Crippen molar-refractivity contribution in [2.24, 2.45) is 5.92 Å². The number of fused-ring (bicyclic) bond motifs is 1. The number of imidazole rings is 1. The van der Waals surface area contributed by atoms with E-state index in [0.717, 1.165) is 48.5 Å². The van der Waals surface area contributed by atoms with Crippen molar-refractivity contribution in [1.29, 1.82) is 0 Å². The van der Waals surface area contributed by atoms with E-state index in [0.29, 0.717) is 53.9 Å². The van der Waals surface area contributed by atoms with E-state index in [1.165, 1.54) is 0 Å². The summed E-state index contributed by atoms with van der Waals surface area (Å²) < 4.78 is 41.6. The first-order chi connectivity index (χ1) is 18.3. The molecule has 0 unspecified atom stereocenters. The summed E-state index contributed by atoms with van der Waals surface area (Å²) in [6, 6.07) is 12.7. The molecule has 2 saturated heterocycles. The Bertz CT molecular complexity index is 1380. The minimum absolute atomic E-state index is 0.119. The standard InChI is InChI=1S/C28H35N3O5S2/c1-3-35-27(32)22-10-8-21(9-11-22)19-37-28-29-25-16-24(38(33,34)30-14-4-6-20(2)17-30)12-13-26(25)31(28)18-23-7-5-15-36-23/h8-13,16,20,23H,3-7,14-15,17-19H2,1-2H3/t20-,23-/m1/s1. The van der Waals surface area contributed by atoms with Gasteiger partial charge in [-0.3, -0.25) is 0 Å². The van der Waals surface area contributed by atoms with Gasteiger partial charge in [0.1, 0.15) is 0 Å². The number of piperidine rings is 1. The molecule has 0 amide bonds. The average Bonchev–Trinajstić information content (AvgIpc) is 3.56. The normalized spacial score (nSPS) is 20.7. The lowest BCUT2D eigenvalue weighted by atomic mass is 10.0. The Morgan fingerprint density at radius 2 is 1.97 bits per heavy atom. The highest BCUT2D eigenvalue weighted by atomic mass is 32.2. The molecular weight excluding hydrogens is 522 g/mol. The van der Waals surface area contributed by atoms with Crippen LogP contribution in [0.4, 0.5) is 0 Å². The van der Waals surface area contributed by atoms with E-state index in [9.17, 15) is 13.2 Å². The van der Waals surface area contributed by atoms with Gasteiger partial charge in [0, 0.05) is 25.4 Å². The Morgan fingerprint density at radius 3 is 2.68 bits per heavy atom. The molecule has 0 aliphatic carbocycles. The molecule has 0 N–H and O–H groups in total. The molecule has 1 aromatic heterocycles. The van der Waals surface area contributed by atoms with Gasteiger partial charge in [0.05, 0.1) is 40.7 Å². The van der Waals surface area contributed by atoms with E-state index in [1.54, 1.807) is 47.3 Å². The zero-order chi connectivity index (χ0) is 26.7. The maximum absolute atomic E-state index is 13.4. The average molecular weight is 558 g/mol. The van der Waals surface area contributed by atoms with Crippen molar-refractivity contribution in [3.05, 3.63) is 53.6 Å². The van der Waals surface area contributed by atoms with Crippen LogP contribution in [0, 0.1) is 5.92 Å². The van der Waals surface area contributed by atoms with E-state index < -0.39 is 10.0 Å². The largest absolute Gasteiger partial charge is 0.462 e. The first-order valence-electron chi connectivity index (χ1n) is 13.4. The second-order valence-corrected chi connectivity index (χ2v) is 13.0. The van der Waals surface area contributed by atoms with Gasteiger partial charge in [-0.1, -0.05) is 30.8 Å². The topological polar surface area (TPSA) is 90.7 Å². The lowest BCUT2D eigenvalue weighted by Gasteiger charge is -2.30. The van der Waals surface area contributed by atoms with Crippen LogP contribution < -0.4 is 0 Å². The molecule has 2 aliphatic rings. The summed E-state index contributed by atoms with van der Waals surface area (Å²) in [5, 5.41) is 0.825. The predicted octanol–water partition coefficient (Wildman–Crippen LogP) is 5.10. The van der Waals surface area contributed by atoms with Gasteiger partial charge in [-0.2, -0.15) is 4.31 Å². The molecule has 2 fully saturated rings. The summed E-state index contributed by atoms with van der Waals surface area (Å²) in [5.74, 6) is 0.700. The van der Waals surface area contributed by atoms with Crippen molar-refractivity contribution in [3.8, 4) is 0 Å². The number of carbonyl (C=O) groups excluding carboxylic acids is 1. The first-order valence-corrected chi connectivity index (χ1v) is 15.8. The van der Waals surface area contributed by atoms with Crippen molar-refractivity contribution >= 4 is 38.8 Å². The molecule has 8 nitrogen and oxygen atoms in total. The second-order valence-electron chi connectivity index (χ2n) is 10.1. The fraction of sp³-hybridized carbons (Fsp3) is 0.500. The number of carbonyl (C=O) groups is 1. The third kappa shape index (κ3) is 5.93. The van der Waals surface area contributed by atoms with Gasteiger partial charge in [-0.05, 0) is 74.4 Å². The molecule has 0 saturated carbocycles. The number of sulfonamides is 1. The number of benzene rings is 2. The quantitative estimate of drug-likeness (QED) is 0.267. The van der Waals surface area contributed by atoms with Gasteiger partial charge in [0.2, 0.25) is 10.0 Å². The fourth-order valence-corrected chi connectivity index (χ4v) is 7.74. The molecule has 3 heterocycles. The molecule has 0 spiro atoms. The molecule has 0 radical (unpaired) electrons. The van der Waals surface area contributed by atoms with Gasteiger partial charge >= 0.3 is 5.97 Å². The maximum atomic E-state index is 13.4. The lowest BCUT2D eigenvalue weighted by Crippen LogP contribution is -2.39. The molecule has 38 heavy (non-hydrogen) atoms. The van der Waals surface area contributed by atoms with E-state index in [-0.39, 0.29) is 12.1 Å². The van der Waals surface area contributed by atoms with E-state index in [4.69, 9.17) is 14.5 Å². The smallest absolute Gasteiger partial charge is 0.338 e. The van der Waals surface area contributed by atoms with Gasteiger partial charge in [0.25, 0.3) is 0 Å². The lowest BCUT2D eigenvalue weighted by molar-refractivity contribution is 0.0526. The molecular formula is C28H35N3O5S2. The van der Waals surface area contributed by atoms with Gasteiger partial charge < -0.3 is 14.0 Å².